The summed E-state index contributed by atoms with van der Waals surface area (Å²) in [5.41, 5.74) is 2.02. The van der Waals surface area contributed by atoms with Gasteiger partial charge in [-0.3, -0.25) is 9.59 Å². The molecule has 1 unspecified atom stereocenters. The number of carbonyl (C=O) groups is 2. The van der Waals surface area contributed by atoms with Gasteiger partial charge in [0.15, 0.2) is 6.54 Å². The number of anilines is 1. The normalized spacial score (nSPS) is 21.7. The van der Waals surface area contributed by atoms with Crippen LogP contribution in [0.25, 0.3) is 0 Å². The largest absolute Gasteiger partial charge is 0.364 e. The zero-order chi connectivity index (χ0) is 19.9. The van der Waals surface area contributed by atoms with Gasteiger partial charge in [0.1, 0.15) is 25.3 Å². The van der Waals surface area contributed by atoms with Crippen LogP contribution in [0.2, 0.25) is 0 Å². The molecule has 28 heavy (non-hydrogen) atoms. The molecule has 0 radical (unpaired) electrons. The van der Waals surface area contributed by atoms with E-state index in [1.807, 2.05) is 50.2 Å². The van der Waals surface area contributed by atoms with Crippen LogP contribution in [-0.2, 0) is 16.1 Å². The third kappa shape index (κ3) is 5.65. The zero-order valence-corrected chi connectivity index (χ0v) is 16.4. The molecule has 0 spiro atoms. The third-order valence-corrected chi connectivity index (χ3v) is 4.77. The molecular weight excluding hydrogens is 354 g/mol. The molecule has 1 aliphatic rings. The monoisotopic (exact) mass is 382 g/mol. The van der Waals surface area contributed by atoms with Crippen LogP contribution in [0, 0.1) is 0 Å². The number of quaternary nitrogens is 1. The lowest BCUT2D eigenvalue weighted by molar-refractivity contribution is -0.907. The topological polar surface area (TPSA) is 71.9 Å². The molecular formula is C22H28N3O3+. The van der Waals surface area contributed by atoms with Gasteiger partial charge in [-0.1, -0.05) is 42.5 Å². The summed E-state index contributed by atoms with van der Waals surface area (Å²) in [4.78, 5) is 26.3. The van der Waals surface area contributed by atoms with Gasteiger partial charge in [-0.05, 0) is 31.5 Å². The van der Waals surface area contributed by atoms with Gasteiger partial charge in [-0.2, -0.15) is 0 Å². The average molecular weight is 382 g/mol. The van der Waals surface area contributed by atoms with E-state index in [0.29, 0.717) is 24.3 Å². The number of hydrogen-bond donors (Lipinski definition) is 3. The molecule has 1 aliphatic heterocycles. The molecule has 0 bridgehead atoms. The van der Waals surface area contributed by atoms with Crippen LogP contribution in [0.3, 0.4) is 0 Å². The maximum absolute atomic E-state index is 12.6. The number of rotatable bonds is 6. The summed E-state index contributed by atoms with van der Waals surface area (Å²) in [6, 6.07) is 16.8. The molecule has 2 amide bonds. The standard InChI is InChI=1S/C22H27N3O3/c1-16-13-25(14-17(2)28-16)15-21(26)24-20-11-7-6-10-19(20)22(27)23-12-18-8-4-3-5-9-18/h3-11,16-17H,12-15H2,1-2H3,(H,23,27)(H,24,26)/p+1/t16-,17+. The van der Waals surface area contributed by atoms with E-state index in [1.54, 1.807) is 18.2 Å². The van der Waals surface area contributed by atoms with Crippen LogP contribution in [0.4, 0.5) is 5.69 Å². The Labute approximate surface area is 165 Å². The van der Waals surface area contributed by atoms with Crippen LogP contribution in [0.5, 0.6) is 0 Å². The van der Waals surface area contributed by atoms with Crippen molar-refractivity contribution in [3.63, 3.8) is 0 Å². The number of nitrogens with one attached hydrogen (secondary N) is 3. The molecule has 0 aliphatic carbocycles. The molecule has 2 aromatic rings. The van der Waals surface area contributed by atoms with Crippen molar-refractivity contribution in [2.24, 2.45) is 0 Å². The third-order valence-electron chi connectivity index (χ3n) is 4.77. The Kier molecular flexibility index (Phi) is 6.79. The smallest absolute Gasteiger partial charge is 0.279 e. The van der Waals surface area contributed by atoms with E-state index in [4.69, 9.17) is 4.74 Å². The summed E-state index contributed by atoms with van der Waals surface area (Å²) in [6.07, 6.45) is 0.283. The fourth-order valence-corrected chi connectivity index (χ4v) is 3.62. The van der Waals surface area contributed by atoms with Crippen molar-refractivity contribution < 1.29 is 19.2 Å². The first-order chi connectivity index (χ1) is 13.5. The number of para-hydroxylation sites is 1. The highest BCUT2D eigenvalue weighted by molar-refractivity contribution is 6.03. The number of benzene rings is 2. The molecule has 0 saturated carbocycles. The highest BCUT2D eigenvalue weighted by atomic mass is 16.5. The SMILES string of the molecule is C[C@@H]1C[NH+](CC(=O)Nc2ccccc2C(=O)NCc2ccccc2)C[C@H](C)O1. The van der Waals surface area contributed by atoms with Crippen LogP contribution in [0.15, 0.2) is 54.6 Å². The Morgan fingerprint density at radius 2 is 1.64 bits per heavy atom. The summed E-state index contributed by atoms with van der Waals surface area (Å²) in [5, 5.41) is 5.82. The minimum absolute atomic E-state index is 0.0976. The van der Waals surface area contributed by atoms with E-state index in [-0.39, 0.29) is 24.0 Å². The van der Waals surface area contributed by atoms with Crippen LogP contribution in [-0.4, -0.2) is 43.7 Å². The van der Waals surface area contributed by atoms with E-state index >= 15 is 0 Å². The minimum Gasteiger partial charge on any atom is -0.364 e. The summed E-state index contributed by atoms with van der Waals surface area (Å²) in [5.74, 6) is -0.305. The molecule has 2 aromatic carbocycles. The summed E-state index contributed by atoms with van der Waals surface area (Å²) in [7, 11) is 0. The van der Waals surface area contributed by atoms with E-state index in [2.05, 4.69) is 10.6 Å². The van der Waals surface area contributed by atoms with Gasteiger partial charge in [-0.15, -0.1) is 0 Å². The molecule has 6 nitrogen and oxygen atoms in total. The Balaban J connectivity index is 1.60. The Morgan fingerprint density at radius 1 is 1.00 bits per heavy atom. The van der Waals surface area contributed by atoms with Crippen molar-refractivity contribution in [3.05, 3.63) is 65.7 Å². The van der Waals surface area contributed by atoms with Crippen molar-refractivity contribution in [3.8, 4) is 0 Å². The fourth-order valence-electron chi connectivity index (χ4n) is 3.62. The lowest BCUT2D eigenvalue weighted by Crippen LogP contribution is -3.16. The molecule has 1 saturated heterocycles. The Hall–Kier alpha value is -2.70. The van der Waals surface area contributed by atoms with Crippen LogP contribution < -0.4 is 15.5 Å². The molecule has 3 N–H and O–H groups in total. The maximum atomic E-state index is 12.6. The van der Waals surface area contributed by atoms with Gasteiger partial charge in [0.05, 0.1) is 11.3 Å². The minimum atomic E-state index is -0.208. The zero-order valence-electron chi connectivity index (χ0n) is 16.4. The number of ether oxygens (including phenoxy) is 1. The molecule has 148 valence electrons. The second-order valence-electron chi connectivity index (χ2n) is 7.35. The first-order valence-electron chi connectivity index (χ1n) is 9.71. The lowest BCUT2D eigenvalue weighted by atomic mass is 10.1. The quantitative estimate of drug-likeness (QED) is 0.704. The molecule has 3 rings (SSSR count). The molecule has 1 fully saturated rings. The highest BCUT2D eigenvalue weighted by Gasteiger charge is 2.27. The summed E-state index contributed by atoms with van der Waals surface area (Å²) >= 11 is 0. The predicted octanol–water partition coefficient (Wildman–Crippen LogP) is 1.25. The van der Waals surface area contributed by atoms with Gasteiger partial charge in [0.25, 0.3) is 11.8 Å². The van der Waals surface area contributed by atoms with Crippen molar-refractivity contribution in [2.45, 2.75) is 32.6 Å². The van der Waals surface area contributed by atoms with Gasteiger partial charge in [-0.25, -0.2) is 0 Å². The second kappa shape index (κ2) is 9.48. The molecule has 1 heterocycles. The average Bonchev–Trinajstić information content (AvgIpc) is 2.66. The summed E-state index contributed by atoms with van der Waals surface area (Å²) < 4.78 is 5.72. The molecule has 3 atom stereocenters. The van der Waals surface area contributed by atoms with Gasteiger partial charge >= 0.3 is 0 Å². The number of carbonyl (C=O) groups excluding carboxylic acids is 2. The first-order valence-corrected chi connectivity index (χ1v) is 9.71. The van der Waals surface area contributed by atoms with E-state index in [0.717, 1.165) is 18.7 Å². The van der Waals surface area contributed by atoms with Crippen molar-refractivity contribution in [1.82, 2.24) is 5.32 Å². The Bertz CT molecular complexity index is 800. The van der Waals surface area contributed by atoms with Gasteiger partial charge in [0, 0.05) is 6.54 Å². The Morgan fingerprint density at radius 3 is 2.36 bits per heavy atom. The first kappa shape index (κ1) is 20.0. The molecule has 0 aromatic heterocycles. The van der Waals surface area contributed by atoms with E-state index < -0.39 is 0 Å². The number of amides is 2. The number of hydrogen-bond acceptors (Lipinski definition) is 3. The second-order valence-corrected chi connectivity index (χ2v) is 7.35. The lowest BCUT2D eigenvalue weighted by Gasteiger charge is -2.31. The van der Waals surface area contributed by atoms with E-state index in [9.17, 15) is 9.59 Å². The van der Waals surface area contributed by atoms with Crippen molar-refractivity contribution in [1.29, 1.82) is 0 Å². The maximum Gasteiger partial charge on any atom is 0.279 e. The highest BCUT2D eigenvalue weighted by Crippen LogP contribution is 2.15. The van der Waals surface area contributed by atoms with Crippen molar-refractivity contribution >= 4 is 17.5 Å². The summed E-state index contributed by atoms with van der Waals surface area (Å²) in [6.45, 7) is 6.46. The fraction of sp³-hybridized carbons (Fsp3) is 0.364. The van der Waals surface area contributed by atoms with Crippen LogP contribution >= 0.6 is 0 Å². The van der Waals surface area contributed by atoms with Crippen molar-refractivity contribution in [2.75, 3.05) is 25.0 Å². The molecule has 6 heteroatoms. The van der Waals surface area contributed by atoms with E-state index in [1.165, 1.54) is 4.90 Å². The predicted molar refractivity (Wildman–Crippen MR) is 108 cm³/mol. The number of morpholine rings is 1. The van der Waals surface area contributed by atoms with Gasteiger partial charge in [0.2, 0.25) is 0 Å². The van der Waals surface area contributed by atoms with Gasteiger partial charge < -0.3 is 20.3 Å². The van der Waals surface area contributed by atoms with Crippen LogP contribution in [0.1, 0.15) is 29.8 Å².